The Balaban J connectivity index is -0.000000102. The molecule has 0 aliphatic rings. The maximum absolute atomic E-state index is 3.91. The molecule has 0 aliphatic heterocycles. The van der Waals surface area contributed by atoms with Crippen molar-refractivity contribution in [1.82, 2.24) is 0 Å². The minimum absolute atomic E-state index is 0.0207. The first-order valence-corrected chi connectivity index (χ1v) is 13.3. The Morgan fingerprint density at radius 2 is 0.970 bits per heavy atom. The van der Waals surface area contributed by atoms with Gasteiger partial charge >= 0.3 is 0 Å². The first-order valence-electron chi connectivity index (χ1n) is 13.3. The highest BCUT2D eigenvalue weighted by atomic mass is 14.3. The average Bonchev–Trinajstić information content (AvgIpc) is 2.86. The minimum atomic E-state index is 0.0207. The van der Waals surface area contributed by atoms with Crippen LogP contribution in [0, 0.1) is 0 Å². The van der Waals surface area contributed by atoms with Crippen LogP contribution in [0.1, 0.15) is 129 Å². The molecule has 0 spiro atoms. The molecule has 0 heterocycles. The second-order valence-electron chi connectivity index (χ2n) is 7.16. The predicted octanol–water partition coefficient (Wildman–Crippen LogP) is 12.3. The van der Waals surface area contributed by atoms with Gasteiger partial charge in [0, 0.05) is 5.41 Å². The van der Waals surface area contributed by atoms with Gasteiger partial charge in [-0.05, 0) is 36.0 Å². The third kappa shape index (κ3) is 23.1. The molecule has 1 aromatic carbocycles. The summed E-state index contributed by atoms with van der Waals surface area (Å²) in [6.07, 6.45) is 9.68. The zero-order valence-corrected chi connectivity index (χ0v) is 26.1. The molecular formula is C33H64. The summed E-state index contributed by atoms with van der Waals surface area (Å²) >= 11 is 0. The van der Waals surface area contributed by atoms with E-state index < -0.39 is 0 Å². The largest absolute Gasteiger partial charge is 0.0991 e. The van der Waals surface area contributed by atoms with Gasteiger partial charge in [0.1, 0.15) is 0 Å². The lowest BCUT2D eigenvalue weighted by molar-refractivity contribution is 0.587. The van der Waals surface area contributed by atoms with Crippen molar-refractivity contribution in [2.24, 2.45) is 0 Å². The highest BCUT2D eigenvalue weighted by Crippen LogP contribution is 2.33. The van der Waals surface area contributed by atoms with Crippen molar-refractivity contribution in [3.05, 3.63) is 84.5 Å². The van der Waals surface area contributed by atoms with Crippen molar-refractivity contribution in [2.45, 2.75) is 129 Å². The van der Waals surface area contributed by atoms with Gasteiger partial charge in [-0.15, -0.1) is 0 Å². The normalized spacial score (nSPS) is 9.67. The summed E-state index contributed by atoms with van der Waals surface area (Å²) in [5.74, 6) is 0. The minimum Gasteiger partial charge on any atom is -0.0991 e. The number of benzene rings is 1. The molecule has 33 heavy (non-hydrogen) atoms. The fourth-order valence-electron chi connectivity index (χ4n) is 2.42. The highest BCUT2D eigenvalue weighted by molar-refractivity contribution is 5.41. The van der Waals surface area contributed by atoms with Crippen molar-refractivity contribution >= 4 is 0 Å². The summed E-state index contributed by atoms with van der Waals surface area (Å²) in [4.78, 5) is 0. The van der Waals surface area contributed by atoms with Crippen LogP contribution >= 0.6 is 0 Å². The SMILES string of the molecule is C=C/C(=C\C)C(C)(C)c1ccc(C(C)(C)C)cc1.C=C/C=C\C.CC.CC.CC.CC.CC. The van der Waals surface area contributed by atoms with Crippen LogP contribution in [0.25, 0.3) is 0 Å². The van der Waals surface area contributed by atoms with Crippen molar-refractivity contribution in [3.8, 4) is 0 Å². The van der Waals surface area contributed by atoms with Gasteiger partial charge in [-0.3, -0.25) is 0 Å². The van der Waals surface area contributed by atoms with E-state index in [-0.39, 0.29) is 10.8 Å². The van der Waals surface area contributed by atoms with E-state index in [1.165, 1.54) is 16.7 Å². The van der Waals surface area contributed by atoms with Crippen LogP contribution in [0.3, 0.4) is 0 Å². The van der Waals surface area contributed by atoms with E-state index in [2.05, 4.69) is 85.0 Å². The van der Waals surface area contributed by atoms with Crippen LogP contribution in [0.4, 0.5) is 0 Å². The lowest BCUT2D eigenvalue weighted by Gasteiger charge is -2.28. The second-order valence-corrected chi connectivity index (χ2v) is 7.16. The Morgan fingerprint density at radius 3 is 1.15 bits per heavy atom. The number of hydrogen-bond donors (Lipinski definition) is 0. The predicted molar refractivity (Wildman–Crippen MR) is 164 cm³/mol. The number of allylic oxidation sites excluding steroid dienone is 6. The summed E-state index contributed by atoms with van der Waals surface area (Å²) < 4.78 is 0. The molecule has 0 aliphatic carbocycles. The highest BCUT2D eigenvalue weighted by Gasteiger charge is 2.23. The average molecular weight is 461 g/mol. The van der Waals surface area contributed by atoms with Gasteiger partial charge in [0.05, 0.1) is 0 Å². The lowest BCUT2D eigenvalue weighted by Crippen LogP contribution is -2.20. The first-order chi connectivity index (χ1) is 15.6. The second kappa shape index (κ2) is 32.4. The quantitative estimate of drug-likeness (QED) is 0.392. The van der Waals surface area contributed by atoms with Gasteiger partial charge in [0.15, 0.2) is 0 Å². The summed E-state index contributed by atoms with van der Waals surface area (Å²) in [5.41, 5.74) is 4.22. The molecule has 0 N–H and O–H groups in total. The van der Waals surface area contributed by atoms with E-state index in [0.717, 1.165) is 0 Å². The van der Waals surface area contributed by atoms with Gasteiger partial charge in [0.2, 0.25) is 0 Å². The fraction of sp³-hybridized carbons (Fsp3) is 0.576. The van der Waals surface area contributed by atoms with Crippen molar-refractivity contribution < 1.29 is 0 Å². The Hall–Kier alpha value is -1.82. The third-order valence-electron chi connectivity index (χ3n) is 4.05. The van der Waals surface area contributed by atoms with E-state index in [1.54, 1.807) is 6.08 Å². The molecule has 0 fully saturated rings. The molecule has 1 aromatic rings. The first kappa shape index (κ1) is 44.8. The van der Waals surface area contributed by atoms with Gasteiger partial charge < -0.3 is 0 Å². The molecular weight excluding hydrogens is 396 g/mol. The monoisotopic (exact) mass is 461 g/mol. The third-order valence-corrected chi connectivity index (χ3v) is 4.05. The molecule has 0 amide bonds. The summed E-state index contributed by atoms with van der Waals surface area (Å²) in [6, 6.07) is 8.97. The van der Waals surface area contributed by atoms with Crippen molar-refractivity contribution in [1.29, 1.82) is 0 Å². The zero-order chi connectivity index (χ0) is 28.1. The number of hydrogen-bond acceptors (Lipinski definition) is 0. The van der Waals surface area contributed by atoms with E-state index in [4.69, 9.17) is 0 Å². The van der Waals surface area contributed by atoms with E-state index in [1.807, 2.05) is 94.4 Å². The molecule has 1 rings (SSSR count). The zero-order valence-electron chi connectivity index (χ0n) is 26.1. The molecule has 0 aromatic heterocycles. The van der Waals surface area contributed by atoms with Crippen LogP contribution < -0.4 is 0 Å². The van der Waals surface area contributed by atoms with Gasteiger partial charge in [-0.25, -0.2) is 0 Å². The van der Waals surface area contributed by atoms with Crippen molar-refractivity contribution in [2.75, 3.05) is 0 Å². The maximum Gasteiger partial charge on any atom is 0.0143 e. The van der Waals surface area contributed by atoms with Crippen LogP contribution in [0.5, 0.6) is 0 Å². The Bertz CT molecular complexity index is 543. The molecule has 0 bridgehead atoms. The van der Waals surface area contributed by atoms with Gasteiger partial charge in [-0.2, -0.15) is 0 Å². The fourth-order valence-corrected chi connectivity index (χ4v) is 2.42. The van der Waals surface area contributed by atoms with Crippen molar-refractivity contribution in [3.63, 3.8) is 0 Å². The lowest BCUT2D eigenvalue weighted by atomic mass is 9.76. The molecule has 196 valence electrons. The van der Waals surface area contributed by atoms with E-state index in [9.17, 15) is 0 Å². The topological polar surface area (TPSA) is 0 Å². The molecule has 0 atom stereocenters. The van der Waals surface area contributed by atoms with E-state index >= 15 is 0 Å². The van der Waals surface area contributed by atoms with Crippen LogP contribution in [-0.2, 0) is 10.8 Å². The molecule has 0 heteroatoms. The summed E-state index contributed by atoms with van der Waals surface area (Å²) in [5, 5.41) is 0. The van der Waals surface area contributed by atoms with Gasteiger partial charge in [-0.1, -0.05) is 172 Å². The van der Waals surface area contributed by atoms with E-state index in [0.29, 0.717) is 0 Å². The molecule has 0 saturated carbocycles. The summed E-state index contributed by atoms with van der Waals surface area (Å²) in [6.45, 7) is 42.6. The molecule has 0 radical (unpaired) electrons. The molecule has 0 saturated heterocycles. The Morgan fingerprint density at radius 1 is 0.636 bits per heavy atom. The number of rotatable bonds is 4. The van der Waals surface area contributed by atoms with Crippen LogP contribution in [0.2, 0.25) is 0 Å². The molecule has 0 unspecified atom stereocenters. The Kier molecular flexibility index (Phi) is 43.9. The maximum atomic E-state index is 3.91. The van der Waals surface area contributed by atoms with Crippen LogP contribution in [-0.4, -0.2) is 0 Å². The standard InChI is InChI=1S/C18H26.C5H8.5C2H6/c1-8-14(9-2)18(6,7)16-12-10-15(11-13-16)17(3,4)5;1-3-5-4-2;5*1-2/h8-13H,1H2,2-7H3;3-5H,1H2,2H3;5*1-2H3/b14-9+;5-4-;;;;;. The Labute approximate surface area is 213 Å². The summed E-state index contributed by atoms with van der Waals surface area (Å²) in [7, 11) is 0. The smallest absolute Gasteiger partial charge is 0.0143 e. The van der Waals surface area contributed by atoms with Crippen LogP contribution in [0.15, 0.2) is 73.4 Å². The van der Waals surface area contributed by atoms with Gasteiger partial charge in [0.25, 0.3) is 0 Å². The molecule has 0 nitrogen and oxygen atoms in total.